The Morgan fingerprint density at radius 3 is 2.20 bits per heavy atom. The Bertz CT molecular complexity index is 330. The van der Waals surface area contributed by atoms with Crippen LogP contribution in [0.1, 0.15) is 37.0 Å². The molecule has 0 fully saturated rings. The van der Waals surface area contributed by atoms with Crippen LogP contribution < -0.4 is 0 Å². The second kappa shape index (κ2) is 5.11. The molecule has 0 radical (unpaired) electrons. The zero-order chi connectivity index (χ0) is 11.4. The SMILES string of the molecule is Cc1cccc(C)c1CCC(=O)C(C)C. The number of benzene rings is 1. The van der Waals surface area contributed by atoms with E-state index >= 15 is 0 Å². The molecule has 0 aliphatic rings. The summed E-state index contributed by atoms with van der Waals surface area (Å²) in [6.45, 7) is 8.16. The summed E-state index contributed by atoms with van der Waals surface area (Å²) in [5.74, 6) is 0.520. The summed E-state index contributed by atoms with van der Waals surface area (Å²) in [7, 11) is 0. The lowest BCUT2D eigenvalue weighted by atomic mass is 9.95. The zero-order valence-electron chi connectivity index (χ0n) is 10.1. The van der Waals surface area contributed by atoms with Crippen molar-refractivity contribution in [3.8, 4) is 0 Å². The molecular formula is C14H20O. The highest BCUT2D eigenvalue weighted by Gasteiger charge is 2.09. The van der Waals surface area contributed by atoms with Gasteiger partial charge in [0.2, 0.25) is 0 Å². The van der Waals surface area contributed by atoms with E-state index in [2.05, 4.69) is 32.0 Å². The molecule has 1 aromatic carbocycles. The predicted molar refractivity (Wildman–Crippen MR) is 64.1 cm³/mol. The summed E-state index contributed by atoms with van der Waals surface area (Å²) in [4.78, 5) is 11.5. The van der Waals surface area contributed by atoms with Crippen molar-refractivity contribution in [1.29, 1.82) is 0 Å². The van der Waals surface area contributed by atoms with Gasteiger partial charge in [0, 0.05) is 12.3 Å². The molecule has 0 unspecified atom stereocenters. The smallest absolute Gasteiger partial charge is 0.135 e. The number of hydrogen-bond acceptors (Lipinski definition) is 1. The van der Waals surface area contributed by atoms with Crippen molar-refractivity contribution in [1.82, 2.24) is 0 Å². The van der Waals surface area contributed by atoms with Gasteiger partial charge in [0.25, 0.3) is 0 Å². The van der Waals surface area contributed by atoms with Gasteiger partial charge in [-0.15, -0.1) is 0 Å². The normalized spacial score (nSPS) is 10.7. The van der Waals surface area contributed by atoms with Crippen LogP contribution in [0.4, 0.5) is 0 Å². The average molecular weight is 204 g/mol. The van der Waals surface area contributed by atoms with Gasteiger partial charge in [-0.25, -0.2) is 0 Å². The van der Waals surface area contributed by atoms with Gasteiger partial charge in [-0.3, -0.25) is 4.79 Å². The van der Waals surface area contributed by atoms with E-state index in [0.717, 1.165) is 6.42 Å². The number of aryl methyl sites for hydroxylation is 2. The molecule has 82 valence electrons. The number of Topliss-reactive ketones (excluding diaryl/α,β-unsaturated/α-hetero) is 1. The molecule has 0 atom stereocenters. The second-order valence-electron chi connectivity index (χ2n) is 4.49. The Balaban J connectivity index is 2.69. The quantitative estimate of drug-likeness (QED) is 0.734. The van der Waals surface area contributed by atoms with Crippen molar-refractivity contribution in [2.75, 3.05) is 0 Å². The first-order chi connectivity index (χ1) is 7.02. The highest BCUT2D eigenvalue weighted by molar-refractivity contribution is 5.80. The van der Waals surface area contributed by atoms with Crippen LogP contribution in [0.15, 0.2) is 18.2 Å². The van der Waals surface area contributed by atoms with E-state index < -0.39 is 0 Å². The first kappa shape index (κ1) is 12.0. The van der Waals surface area contributed by atoms with Crippen LogP contribution in [0.5, 0.6) is 0 Å². The maximum absolute atomic E-state index is 11.5. The van der Waals surface area contributed by atoms with E-state index in [4.69, 9.17) is 0 Å². The fraction of sp³-hybridized carbons (Fsp3) is 0.500. The van der Waals surface area contributed by atoms with Gasteiger partial charge < -0.3 is 0 Å². The van der Waals surface area contributed by atoms with Gasteiger partial charge in [0.15, 0.2) is 0 Å². The molecule has 0 N–H and O–H groups in total. The maximum Gasteiger partial charge on any atom is 0.135 e. The van der Waals surface area contributed by atoms with Gasteiger partial charge in [0.1, 0.15) is 5.78 Å². The summed E-state index contributed by atoms with van der Waals surface area (Å²) in [6.07, 6.45) is 1.55. The number of hydrogen-bond donors (Lipinski definition) is 0. The summed E-state index contributed by atoms with van der Waals surface area (Å²) in [5, 5.41) is 0. The van der Waals surface area contributed by atoms with Crippen LogP contribution in [0.25, 0.3) is 0 Å². The highest BCUT2D eigenvalue weighted by atomic mass is 16.1. The number of ketones is 1. The van der Waals surface area contributed by atoms with Crippen molar-refractivity contribution in [3.05, 3.63) is 34.9 Å². The molecule has 0 amide bonds. The number of rotatable bonds is 4. The minimum Gasteiger partial charge on any atom is -0.299 e. The highest BCUT2D eigenvalue weighted by Crippen LogP contribution is 2.16. The lowest BCUT2D eigenvalue weighted by molar-refractivity contribution is -0.121. The molecule has 0 aliphatic heterocycles. The molecule has 15 heavy (non-hydrogen) atoms. The average Bonchev–Trinajstić information content (AvgIpc) is 2.16. The summed E-state index contributed by atoms with van der Waals surface area (Å²) >= 11 is 0. The molecule has 1 rings (SSSR count). The largest absolute Gasteiger partial charge is 0.299 e. The summed E-state index contributed by atoms with van der Waals surface area (Å²) in [6, 6.07) is 6.29. The van der Waals surface area contributed by atoms with Crippen LogP contribution in [0, 0.1) is 19.8 Å². The third-order valence-corrected chi connectivity index (χ3v) is 2.91. The first-order valence-corrected chi connectivity index (χ1v) is 5.60. The molecule has 1 aromatic rings. The second-order valence-corrected chi connectivity index (χ2v) is 4.49. The topological polar surface area (TPSA) is 17.1 Å². The Morgan fingerprint density at radius 1 is 1.20 bits per heavy atom. The lowest BCUT2D eigenvalue weighted by Crippen LogP contribution is -2.08. The molecule has 0 aliphatic carbocycles. The predicted octanol–water partition coefficient (Wildman–Crippen LogP) is 3.46. The fourth-order valence-electron chi connectivity index (χ4n) is 1.78. The fourth-order valence-corrected chi connectivity index (χ4v) is 1.78. The molecule has 0 spiro atoms. The van der Waals surface area contributed by atoms with Crippen LogP contribution >= 0.6 is 0 Å². The Kier molecular flexibility index (Phi) is 4.07. The van der Waals surface area contributed by atoms with E-state index in [0.29, 0.717) is 12.2 Å². The van der Waals surface area contributed by atoms with Crippen molar-refractivity contribution in [2.24, 2.45) is 5.92 Å². The van der Waals surface area contributed by atoms with Gasteiger partial charge in [0.05, 0.1) is 0 Å². The van der Waals surface area contributed by atoms with Crippen LogP contribution in [-0.4, -0.2) is 5.78 Å². The Hall–Kier alpha value is -1.11. The minimum absolute atomic E-state index is 0.161. The van der Waals surface area contributed by atoms with E-state index in [1.807, 2.05) is 13.8 Å². The summed E-state index contributed by atoms with van der Waals surface area (Å²) in [5.41, 5.74) is 3.93. The molecule has 0 aromatic heterocycles. The Labute approximate surface area is 92.5 Å². The van der Waals surface area contributed by atoms with E-state index in [-0.39, 0.29) is 5.92 Å². The molecule has 0 saturated heterocycles. The maximum atomic E-state index is 11.5. The Morgan fingerprint density at radius 2 is 1.73 bits per heavy atom. The standard InChI is InChI=1S/C14H20O/c1-10(2)14(15)9-8-13-11(3)6-5-7-12(13)4/h5-7,10H,8-9H2,1-4H3. The minimum atomic E-state index is 0.161. The molecule has 0 bridgehead atoms. The molecule has 1 heteroatoms. The molecule has 1 nitrogen and oxygen atoms in total. The van der Waals surface area contributed by atoms with Gasteiger partial charge in [-0.05, 0) is 37.0 Å². The van der Waals surface area contributed by atoms with E-state index in [1.54, 1.807) is 0 Å². The van der Waals surface area contributed by atoms with Gasteiger partial charge in [-0.2, -0.15) is 0 Å². The molecule has 0 heterocycles. The molecule has 0 saturated carbocycles. The number of carbonyl (C=O) groups is 1. The van der Waals surface area contributed by atoms with Crippen LogP contribution in [0.3, 0.4) is 0 Å². The third kappa shape index (κ3) is 3.19. The lowest BCUT2D eigenvalue weighted by Gasteiger charge is -2.09. The van der Waals surface area contributed by atoms with Crippen molar-refractivity contribution in [2.45, 2.75) is 40.5 Å². The van der Waals surface area contributed by atoms with Crippen molar-refractivity contribution >= 4 is 5.78 Å². The van der Waals surface area contributed by atoms with Crippen molar-refractivity contribution < 1.29 is 4.79 Å². The van der Waals surface area contributed by atoms with Gasteiger partial charge >= 0.3 is 0 Å². The third-order valence-electron chi connectivity index (χ3n) is 2.91. The zero-order valence-corrected chi connectivity index (χ0v) is 10.1. The van der Waals surface area contributed by atoms with Crippen LogP contribution in [-0.2, 0) is 11.2 Å². The van der Waals surface area contributed by atoms with Crippen molar-refractivity contribution in [3.63, 3.8) is 0 Å². The van der Waals surface area contributed by atoms with E-state index in [1.165, 1.54) is 16.7 Å². The molecular weight excluding hydrogens is 184 g/mol. The van der Waals surface area contributed by atoms with Gasteiger partial charge in [-0.1, -0.05) is 32.0 Å². The van der Waals surface area contributed by atoms with E-state index in [9.17, 15) is 4.79 Å². The first-order valence-electron chi connectivity index (χ1n) is 5.60. The monoisotopic (exact) mass is 204 g/mol. The summed E-state index contributed by atoms with van der Waals surface area (Å²) < 4.78 is 0. The van der Waals surface area contributed by atoms with Crippen LogP contribution in [0.2, 0.25) is 0 Å². The number of carbonyl (C=O) groups excluding carboxylic acids is 1.